The number of carbonyl (C=O) groups excluding carboxylic acids is 1. The second-order valence-electron chi connectivity index (χ2n) is 8.05. The summed E-state index contributed by atoms with van der Waals surface area (Å²) in [7, 11) is 0. The molecule has 158 valence electrons. The molecule has 6 heteroatoms. The number of rotatable bonds is 10. The van der Waals surface area contributed by atoms with Crippen molar-refractivity contribution in [1.29, 1.82) is 0 Å². The van der Waals surface area contributed by atoms with Crippen LogP contribution in [0.3, 0.4) is 0 Å². The van der Waals surface area contributed by atoms with Crippen molar-refractivity contribution in [2.45, 2.75) is 32.1 Å². The number of hydrogen-bond acceptors (Lipinski definition) is 6. The maximum atomic E-state index is 13.0. The SMILES string of the molecule is O=C(COc1ccc2sc3ccccc3c(=O)c2c1)C1(CCCCO)CC1CCO. The molecule has 4 rings (SSSR count). The molecule has 3 aromatic rings. The number of ether oxygens (including phenoxy) is 1. The first-order chi connectivity index (χ1) is 14.6. The van der Waals surface area contributed by atoms with Gasteiger partial charge in [0.15, 0.2) is 11.2 Å². The Labute approximate surface area is 178 Å². The number of benzene rings is 2. The third kappa shape index (κ3) is 4.00. The summed E-state index contributed by atoms with van der Waals surface area (Å²) in [6.45, 7) is 0.153. The van der Waals surface area contributed by atoms with Gasteiger partial charge in [-0.2, -0.15) is 0 Å². The normalized spacial score (nSPS) is 20.5. The van der Waals surface area contributed by atoms with Gasteiger partial charge in [-0.05, 0) is 61.9 Å². The molecule has 0 radical (unpaired) electrons. The van der Waals surface area contributed by atoms with Crippen molar-refractivity contribution in [2.24, 2.45) is 11.3 Å². The van der Waals surface area contributed by atoms with Gasteiger partial charge in [-0.15, -0.1) is 11.3 Å². The summed E-state index contributed by atoms with van der Waals surface area (Å²) in [4.78, 5) is 25.8. The fraction of sp³-hybridized carbons (Fsp3) is 0.417. The zero-order valence-electron chi connectivity index (χ0n) is 16.8. The number of aliphatic hydroxyl groups is 2. The molecule has 0 aliphatic heterocycles. The van der Waals surface area contributed by atoms with Gasteiger partial charge in [-0.1, -0.05) is 18.6 Å². The van der Waals surface area contributed by atoms with Gasteiger partial charge in [0.05, 0.1) is 0 Å². The Hall–Kier alpha value is -2.28. The van der Waals surface area contributed by atoms with E-state index < -0.39 is 5.41 Å². The number of fused-ring (bicyclic) bond motifs is 2. The van der Waals surface area contributed by atoms with E-state index in [2.05, 4.69) is 0 Å². The molecule has 1 fully saturated rings. The van der Waals surface area contributed by atoms with Crippen LogP contribution in [0.5, 0.6) is 5.75 Å². The van der Waals surface area contributed by atoms with Crippen molar-refractivity contribution in [2.75, 3.05) is 19.8 Å². The monoisotopic (exact) mass is 426 g/mol. The maximum absolute atomic E-state index is 13.0. The molecule has 1 aliphatic carbocycles. The van der Waals surface area contributed by atoms with Crippen LogP contribution in [0.2, 0.25) is 0 Å². The van der Waals surface area contributed by atoms with Crippen LogP contribution in [0.25, 0.3) is 20.2 Å². The van der Waals surface area contributed by atoms with Gasteiger partial charge in [-0.3, -0.25) is 9.59 Å². The molecule has 1 saturated carbocycles. The highest BCUT2D eigenvalue weighted by Gasteiger charge is 2.57. The Bertz CT molecular complexity index is 1120. The van der Waals surface area contributed by atoms with E-state index in [4.69, 9.17) is 9.84 Å². The molecular formula is C24H26O5S. The number of Topliss-reactive ketones (excluding diaryl/α,β-unsaturated/α-hetero) is 1. The lowest BCUT2D eigenvalue weighted by molar-refractivity contribution is -0.127. The van der Waals surface area contributed by atoms with Crippen LogP contribution in [-0.2, 0) is 4.79 Å². The van der Waals surface area contributed by atoms with Gasteiger partial charge in [0.1, 0.15) is 12.4 Å². The lowest BCUT2D eigenvalue weighted by Crippen LogP contribution is -2.25. The molecule has 2 unspecified atom stereocenters. The highest BCUT2D eigenvalue weighted by Crippen LogP contribution is 2.58. The molecule has 1 heterocycles. The number of carbonyl (C=O) groups is 1. The molecule has 1 aliphatic rings. The summed E-state index contributed by atoms with van der Waals surface area (Å²) < 4.78 is 7.65. The molecular weight excluding hydrogens is 400 g/mol. The van der Waals surface area contributed by atoms with Crippen LogP contribution in [0.4, 0.5) is 0 Å². The highest BCUT2D eigenvalue weighted by molar-refractivity contribution is 7.24. The Kier molecular flexibility index (Phi) is 6.18. The second-order valence-corrected chi connectivity index (χ2v) is 9.13. The standard InChI is InChI=1S/C24H26O5S/c25-11-4-3-10-24(14-16(24)9-12-26)22(27)15-29-17-7-8-21-19(13-17)23(28)18-5-1-2-6-20(18)30-21/h1-2,5-8,13,16,25-26H,3-4,9-12,14-15H2. The predicted molar refractivity (Wildman–Crippen MR) is 119 cm³/mol. The minimum atomic E-state index is -0.434. The summed E-state index contributed by atoms with van der Waals surface area (Å²) in [6, 6.07) is 13.0. The molecule has 5 nitrogen and oxygen atoms in total. The number of ketones is 1. The van der Waals surface area contributed by atoms with Crippen molar-refractivity contribution in [3.05, 3.63) is 52.7 Å². The van der Waals surface area contributed by atoms with Gasteiger partial charge in [0, 0.05) is 38.8 Å². The molecule has 1 aromatic heterocycles. The largest absolute Gasteiger partial charge is 0.486 e. The average Bonchev–Trinajstić information content (AvgIpc) is 3.46. The van der Waals surface area contributed by atoms with E-state index in [1.807, 2.05) is 30.3 Å². The van der Waals surface area contributed by atoms with Gasteiger partial charge >= 0.3 is 0 Å². The van der Waals surface area contributed by atoms with Gasteiger partial charge in [0.25, 0.3) is 0 Å². The van der Waals surface area contributed by atoms with Gasteiger partial charge < -0.3 is 14.9 Å². The van der Waals surface area contributed by atoms with Crippen molar-refractivity contribution >= 4 is 37.3 Å². The Morgan fingerprint density at radius 3 is 2.67 bits per heavy atom. The third-order valence-electron chi connectivity index (χ3n) is 6.21. The van der Waals surface area contributed by atoms with E-state index in [1.165, 1.54) is 0 Å². The zero-order valence-corrected chi connectivity index (χ0v) is 17.6. The Morgan fingerprint density at radius 2 is 1.87 bits per heavy atom. The Morgan fingerprint density at radius 1 is 1.07 bits per heavy atom. The quantitative estimate of drug-likeness (QED) is 0.379. The highest BCUT2D eigenvalue weighted by atomic mass is 32.1. The van der Waals surface area contributed by atoms with Crippen LogP contribution >= 0.6 is 11.3 Å². The molecule has 0 spiro atoms. The van der Waals surface area contributed by atoms with Crippen LogP contribution in [-0.4, -0.2) is 35.8 Å². The van der Waals surface area contributed by atoms with Crippen molar-refractivity contribution in [1.82, 2.24) is 0 Å². The molecule has 2 aromatic carbocycles. The van der Waals surface area contributed by atoms with Crippen molar-refractivity contribution < 1.29 is 19.7 Å². The van der Waals surface area contributed by atoms with E-state index in [1.54, 1.807) is 23.5 Å². The van der Waals surface area contributed by atoms with Crippen LogP contribution < -0.4 is 10.2 Å². The molecule has 2 atom stereocenters. The predicted octanol–water partition coefficient (Wildman–Crippen LogP) is 3.91. The lowest BCUT2D eigenvalue weighted by Gasteiger charge is -2.17. The summed E-state index contributed by atoms with van der Waals surface area (Å²) in [5, 5.41) is 19.6. The molecule has 30 heavy (non-hydrogen) atoms. The zero-order chi connectivity index (χ0) is 21.1. The van der Waals surface area contributed by atoms with Crippen LogP contribution in [0, 0.1) is 11.3 Å². The first-order valence-electron chi connectivity index (χ1n) is 10.4. The first-order valence-corrected chi connectivity index (χ1v) is 11.2. The van der Waals surface area contributed by atoms with E-state index in [0.717, 1.165) is 28.7 Å². The number of unbranched alkanes of at least 4 members (excludes halogenated alkanes) is 1. The average molecular weight is 427 g/mol. The molecule has 0 bridgehead atoms. The fourth-order valence-corrected chi connectivity index (χ4v) is 5.47. The Balaban J connectivity index is 1.51. The van der Waals surface area contributed by atoms with Gasteiger partial charge in [0.2, 0.25) is 0 Å². The van der Waals surface area contributed by atoms with Crippen LogP contribution in [0.15, 0.2) is 47.3 Å². The molecule has 0 amide bonds. The number of hydrogen-bond donors (Lipinski definition) is 2. The fourth-order valence-electron chi connectivity index (χ4n) is 4.42. The summed E-state index contributed by atoms with van der Waals surface area (Å²) in [6.07, 6.45) is 3.57. The summed E-state index contributed by atoms with van der Waals surface area (Å²) in [5.74, 6) is 0.748. The van der Waals surface area contributed by atoms with Gasteiger partial charge in [-0.25, -0.2) is 0 Å². The van der Waals surface area contributed by atoms with E-state index in [9.17, 15) is 14.7 Å². The maximum Gasteiger partial charge on any atom is 0.196 e. The third-order valence-corrected chi connectivity index (χ3v) is 7.36. The first kappa shape index (κ1) is 21.0. The topological polar surface area (TPSA) is 83.8 Å². The van der Waals surface area contributed by atoms with Crippen LogP contribution in [0.1, 0.15) is 32.1 Å². The molecule has 0 saturated heterocycles. The minimum absolute atomic E-state index is 0.0261. The number of aliphatic hydroxyl groups excluding tert-OH is 2. The minimum Gasteiger partial charge on any atom is -0.486 e. The van der Waals surface area contributed by atoms with Crippen molar-refractivity contribution in [3.8, 4) is 5.75 Å². The van der Waals surface area contributed by atoms with E-state index >= 15 is 0 Å². The van der Waals surface area contributed by atoms with E-state index in [0.29, 0.717) is 29.4 Å². The lowest BCUT2D eigenvalue weighted by atomic mass is 9.90. The van der Waals surface area contributed by atoms with Crippen molar-refractivity contribution in [3.63, 3.8) is 0 Å². The summed E-state index contributed by atoms with van der Waals surface area (Å²) in [5.41, 5.74) is -0.460. The smallest absolute Gasteiger partial charge is 0.196 e. The second kappa shape index (κ2) is 8.84. The van der Waals surface area contributed by atoms with E-state index in [-0.39, 0.29) is 37.0 Å². The summed E-state index contributed by atoms with van der Waals surface area (Å²) >= 11 is 1.56. The molecule has 2 N–H and O–H groups in total.